The molecule has 2 heterocycles. The molecule has 2 fully saturated rings. The number of carboxylic acids is 2. The van der Waals surface area contributed by atoms with E-state index in [-0.39, 0.29) is 12.5 Å². The molecule has 3 rings (SSSR count). The largest absolute Gasteiger partial charge is 0.481 e. The molecular weight excluding hydrogens is 482 g/mol. The predicted molar refractivity (Wildman–Crippen MR) is 121 cm³/mol. The van der Waals surface area contributed by atoms with Crippen LogP contribution in [0.25, 0.3) is 0 Å². The normalized spacial score (nSPS) is 16.6. The first-order valence-corrected chi connectivity index (χ1v) is 11.1. The Morgan fingerprint density at radius 2 is 1.59 bits per heavy atom. The van der Waals surface area contributed by atoms with E-state index in [0.717, 1.165) is 74.4 Å². The van der Waals surface area contributed by atoms with Gasteiger partial charge in [-0.3, -0.25) is 14.6 Å². The second-order valence-electron chi connectivity index (χ2n) is 7.50. The van der Waals surface area contributed by atoms with Gasteiger partial charge in [0.25, 0.3) is 0 Å². The van der Waals surface area contributed by atoms with Gasteiger partial charge < -0.3 is 19.8 Å². The molecule has 9 nitrogen and oxygen atoms in total. The Morgan fingerprint density at radius 3 is 2.16 bits per heavy atom. The monoisotopic (exact) mass is 509 g/mol. The Morgan fingerprint density at radius 1 is 1.00 bits per heavy atom. The number of nitrogens with zero attached hydrogens (tertiary/aromatic N) is 3. The second kappa shape index (κ2) is 13.1. The molecule has 0 saturated carbocycles. The highest BCUT2D eigenvalue weighted by atomic mass is 79.9. The number of carboxylic acid groups (broad SMARTS) is 2. The minimum absolute atomic E-state index is 0.279. The maximum absolute atomic E-state index is 12.3. The lowest BCUT2D eigenvalue weighted by Gasteiger charge is -2.35. The van der Waals surface area contributed by atoms with Crippen molar-refractivity contribution in [1.82, 2.24) is 14.7 Å². The van der Waals surface area contributed by atoms with Crippen LogP contribution in [-0.2, 0) is 20.9 Å². The van der Waals surface area contributed by atoms with Gasteiger partial charge in [0.05, 0.1) is 6.54 Å². The number of piperazine rings is 1. The van der Waals surface area contributed by atoms with Gasteiger partial charge in [0.15, 0.2) is 0 Å². The molecule has 0 unspecified atom stereocenters. The number of ether oxygens (including phenoxy) is 1. The van der Waals surface area contributed by atoms with Gasteiger partial charge in [-0.15, -0.1) is 6.42 Å². The van der Waals surface area contributed by atoms with Gasteiger partial charge in [-0.1, -0.05) is 21.9 Å². The first-order valence-electron chi connectivity index (χ1n) is 10.3. The molecule has 2 N–H and O–H groups in total. The Bertz CT molecular complexity index is 831. The van der Waals surface area contributed by atoms with Gasteiger partial charge in [-0.05, 0) is 31.0 Å². The number of hydrogen-bond donors (Lipinski definition) is 2. The molecule has 0 aliphatic carbocycles. The summed E-state index contributed by atoms with van der Waals surface area (Å²) in [4.78, 5) is 37.2. The summed E-state index contributed by atoms with van der Waals surface area (Å²) in [5, 5.41) is 14.8. The van der Waals surface area contributed by atoms with Crippen molar-refractivity contribution in [2.45, 2.75) is 19.4 Å². The molecule has 0 spiro atoms. The van der Waals surface area contributed by atoms with Crippen LogP contribution in [0.15, 0.2) is 22.7 Å². The van der Waals surface area contributed by atoms with E-state index in [0.29, 0.717) is 6.54 Å². The molecule has 0 radical (unpaired) electrons. The van der Waals surface area contributed by atoms with Gasteiger partial charge in [0.1, 0.15) is 12.4 Å². The SMILES string of the molecule is C#CCOc1ccc(Br)cc1CN1CCN(CC(=O)N2CCCC2)CC1.O=C(O)C(=O)O. The summed E-state index contributed by atoms with van der Waals surface area (Å²) < 4.78 is 6.71. The van der Waals surface area contributed by atoms with Crippen molar-refractivity contribution in [3.63, 3.8) is 0 Å². The summed E-state index contributed by atoms with van der Waals surface area (Å²) >= 11 is 3.53. The molecule has 1 aromatic rings. The topological polar surface area (TPSA) is 111 Å². The average molecular weight is 510 g/mol. The van der Waals surface area contributed by atoms with E-state index in [1.807, 2.05) is 17.0 Å². The first-order chi connectivity index (χ1) is 15.3. The van der Waals surface area contributed by atoms with Crippen molar-refractivity contribution in [2.24, 2.45) is 0 Å². The predicted octanol–water partition coefficient (Wildman–Crippen LogP) is 1.36. The van der Waals surface area contributed by atoms with Crippen LogP contribution < -0.4 is 4.74 Å². The lowest BCUT2D eigenvalue weighted by atomic mass is 10.1. The number of rotatable bonds is 6. The third-order valence-electron chi connectivity index (χ3n) is 5.19. The highest BCUT2D eigenvalue weighted by Gasteiger charge is 2.23. The quantitative estimate of drug-likeness (QED) is 0.436. The smallest absolute Gasteiger partial charge is 0.414 e. The molecule has 1 amide bonds. The Labute approximate surface area is 196 Å². The number of terminal acetylenes is 1. The number of hydrogen-bond acceptors (Lipinski definition) is 6. The van der Waals surface area contributed by atoms with Gasteiger partial charge in [-0.2, -0.15) is 0 Å². The van der Waals surface area contributed by atoms with Crippen molar-refractivity contribution < 1.29 is 29.3 Å². The van der Waals surface area contributed by atoms with Gasteiger partial charge in [0, 0.05) is 55.8 Å². The van der Waals surface area contributed by atoms with Crippen LogP contribution in [0.1, 0.15) is 18.4 Å². The molecule has 0 aromatic heterocycles. The average Bonchev–Trinajstić information content (AvgIpc) is 3.30. The van der Waals surface area contributed by atoms with Crippen molar-refractivity contribution in [3.8, 4) is 18.1 Å². The first kappa shape index (κ1) is 25.6. The van der Waals surface area contributed by atoms with E-state index in [1.54, 1.807) is 0 Å². The summed E-state index contributed by atoms with van der Waals surface area (Å²) in [6, 6.07) is 6.02. The Kier molecular flexibility index (Phi) is 10.5. The van der Waals surface area contributed by atoms with Crippen LogP contribution in [0.2, 0.25) is 0 Å². The van der Waals surface area contributed by atoms with Crippen LogP contribution >= 0.6 is 15.9 Å². The lowest BCUT2D eigenvalue weighted by Crippen LogP contribution is -2.49. The van der Waals surface area contributed by atoms with Crippen LogP contribution in [0, 0.1) is 12.3 Å². The molecule has 32 heavy (non-hydrogen) atoms. The molecule has 2 saturated heterocycles. The number of benzene rings is 1. The van der Waals surface area contributed by atoms with Crippen LogP contribution in [0.5, 0.6) is 5.75 Å². The molecular formula is C22H28BrN3O6. The Hall–Kier alpha value is -2.61. The maximum Gasteiger partial charge on any atom is 0.414 e. The van der Waals surface area contributed by atoms with Gasteiger partial charge in [-0.25, -0.2) is 9.59 Å². The van der Waals surface area contributed by atoms with Gasteiger partial charge in [0.2, 0.25) is 5.91 Å². The van der Waals surface area contributed by atoms with Crippen molar-refractivity contribution in [1.29, 1.82) is 0 Å². The van der Waals surface area contributed by atoms with Crippen LogP contribution in [0.3, 0.4) is 0 Å². The molecule has 2 aliphatic rings. The van der Waals surface area contributed by atoms with E-state index in [2.05, 4.69) is 37.7 Å². The van der Waals surface area contributed by atoms with Crippen molar-refractivity contribution in [3.05, 3.63) is 28.2 Å². The minimum atomic E-state index is -1.82. The summed E-state index contributed by atoms with van der Waals surface area (Å²) in [7, 11) is 0. The fraction of sp³-hybridized carbons (Fsp3) is 0.500. The number of halogens is 1. The van der Waals surface area contributed by atoms with Crippen LogP contribution in [-0.4, -0.2) is 95.2 Å². The molecule has 0 atom stereocenters. The van der Waals surface area contributed by atoms with Crippen molar-refractivity contribution >= 4 is 33.8 Å². The molecule has 2 aliphatic heterocycles. The standard InChI is InChI=1S/C20H26BrN3O2.C2H2O4/c1-2-13-26-19-6-5-18(21)14-17(19)15-22-9-11-23(12-10-22)16-20(25)24-7-3-4-8-24;3-1(4)2(5)6/h1,5-6,14H,3-4,7-13,15-16H2;(H,3,4)(H,5,6). The van der Waals surface area contributed by atoms with Crippen molar-refractivity contribution in [2.75, 3.05) is 52.4 Å². The summed E-state index contributed by atoms with van der Waals surface area (Å²) in [6.07, 6.45) is 7.61. The number of carbonyl (C=O) groups is 3. The molecule has 174 valence electrons. The van der Waals surface area contributed by atoms with Gasteiger partial charge >= 0.3 is 11.9 Å². The zero-order valence-electron chi connectivity index (χ0n) is 17.8. The fourth-order valence-electron chi connectivity index (χ4n) is 3.54. The van der Waals surface area contributed by atoms with E-state index >= 15 is 0 Å². The van der Waals surface area contributed by atoms with E-state index in [9.17, 15) is 4.79 Å². The van der Waals surface area contributed by atoms with Crippen LogP contribution in [0.4, 0.5) is 0 Å². The third-order valence-corrected chi connectivity index (χ3v) is 5.69. The zero-order chi connectivity index (χ0) is 23.5. The molecule has 10 heteroatoms. The highest BCUT2D eigenvalue weighted by Crippen LogP contribution is 2.25. The van der Waals surface area contributed by atoms with E-state index in [1.165, 1.54) is 0 Å². The summed E-state index contributed by atoms with van der Waals surface area (Å²) in [6.45, 7) is 7.28. The molecule has 0 bridgehead atoms. The number of likely N-dealkylation sites (tertiary alicyclic amines) is 1. The minimum Gasteiger partial charge on any atom is -0.481 e. The lowest BCUT2D eigenvalue weighted by molar-refractivity contribution is -0.159. The number of carbonyl (C=O) groups excluding carboxylic acids is 1. The fourth-order valence-corrected chi connectivity index (χ4v) is 3.94. The second-order valence-corrected chi connectivity index (χ2v) is 8.41. The Balaban J connectivity index is 0.000000534. The number of aliphatic carboxylic acids is 2. The third kappa shape index (κ3) is 8.49. The number of amides is 1. The highest BCUT2D eigenvalue weighted by molar-refractivity contribution is 9.10. The molecule has 1 aromatic carbocycles. The maximum atomic E-state index is 12.3. The zero-order valence-corrected chi connectivity index (χ0v) is 19.4. The summed E-state index contributed by atoms with van der Waals surface area (Å²) in [5.41, 5.74) is 1.14. The summed E-state index contributed by atoms with van der Waals surface area (Å²) in [5.74, 6) is 0.000714. The van der Waals surface area contributed by atoms with E-state index in [4.69, 9.17) is 31.0 Å². The van der Waals surface area contributed by atoms with E-state index < -0.39 is 11.9 Å².